The second kappa shape index (κ2) is 9.67. The first kappa shape index (κ1) is 20.9. The average molecular weight is 424 g/mol. The first-order valence-electron chi connectivity index (χ1n) is 10.7. The number of nitrogens with zero attached hydrogens (tertiary/aromatic N) is 2. The Morgan fingerprint density at radius 3 is 2.67 bits per heavy atom. The lowest BCUT2D eigenvalue weighted by Gasteiger charge is -2.29. The highest BCUT2D eigenvalue weighted by Gasteiger charge is 2.28. The van der Waals surface area contributed by atoms with Crippen molar-refractivity contribution in [1.82, 2.24) is 10.2 Å². The standard InChI is InChI=1S/C24H29N3O2S/c1-18(19-7-3-2-4-8-19)26-14-13-20(17-26)25-23(28)11-12-24(29)27-15-16-30-22-10-6-5-9-21(22)27/h2-10,18,20H,11-17H2,1H3,(H,25,28). The highest BCUT2D eigenvalue weighted by molar-refractivity contribution is 7.99. The number of nitrogens with one attached hydrogen (secondary N) is 1. The molecule has 2 aromatic carbocycles. The first-order valence-corrected chi connectivity index (χ1v) is 11.7. The maximum absolute atomic E-state index is 12.7. The highest BCUT2D eigenvalue weighted by Crippen LogP contribution is 2.34. The van der Waals surface area contributed by atoms with Crippen molar-refractivity contribution < 1.29 is 9.59 Å². The number of thioether (sulfide) groups is 1. The van der Waals surface area contributed by atoms with Gasteiger partial charge in [-0.15, -0.1) is 11.8 Å². The number of hydrogen-bond donors (Lipinski definition) is 1. The third-order valence-corrected chi connectivity index (χ3v) is 7.05. The highest BCUT2D eigenvalue weighted by atomic mass is 32.2. The van der Waals surface area contributed by atoms with Crippen molar-refractivity contribution in [2.24, 2.45) is 0 Å². The molecule has 2 aliphatic heterocycles. The van der Waals surface area contributed by atoms with E-state index in [1.165, 1.54) is 5.56 Å². The molecule has 30 heavy (non-hydrogen) atoms. The molecule has 6 heteroatoms. The number of carbonyl (C=O) groups is 2. The minimum absolute atomic E-state index is 0.0257. The van der Waals surface area contributed by atoms with Crippen molar-refractivity contribution in [3.8, 4) is 0 Å². The van der Waals surface area contributed by atoms with Crippen LogP contribution in [-0.2, 0) is 9.59 Å². The molecule has 2 unspecified atom stereocenters. The van der Waals surface area contributed by atoms with E-state index in [0.717, 1.165) is 35.8 Å². The molecular weight excluding hydrogens is 394 g/mol. The summed E-state index contributed by atoms with van der Waals surface area (Å²) in [7, 11) is 0. The van der Waals surface area contributed by atoms with Crippen LogP contribution in [0.5, 0.6) is 0 Å². The number of para-hydroxylation sites is 1. The largest absolute Gasteiger partial charge is 0.352 e. The fourth-order valence-corrected chi connectivity index (χ4v) is 5.28. The quantitative estimate of drug-likeness (QED) is 0.767. The van der Waals surface area contributed by atoms with E-state index in [0.29, 0.717) is 12.6 Å². The molecule has 2 heterocycles. The van der Waals surface area contributed by atoms with Crippen LogP contribution in [0.1, 0.15) is 37.8 Å². The van der Waals surface area contributed by atoms with Crippen LogP contribution in [0.25, 0.3) is 0 Å². The van der Waals surface area contributed by atoms with E-state index in [1.54, 1.807) is 11.8 Å². The Morgan fingerprint density at radius 1 is 1.07 bits per heavy atom. The minimum atomic E-state index is -0.0257. The van der Waals surface area contributed by atoms with Crippen LogP contribution in [-0.4, -0.2) is 48.1 Å². The number of hydrogen-bond acceptors (Lipinski definition) is 4. The Labute approximate surface area is 182 Å². The summed E-state index contributed by atoms with van der Waals surface area (Å²) in [4.78, 5) is 30.6. The zero-order valence-corrected chi connectivity index (χ0v) is 18.2. The molecule has 0 bridgehead atoms. The summed E-state index contributed by atoms with van der Waals surface area (Å²) in [5, 5.41) is 3.14. The average Bonchev–Trinajstić information content (AvgIpc) is 3.25. The Kier molecular flexibility index (Phi) is 6.75. The van der Waals surface area contributed by atoms with Gasteiger partial charge in [0.1, 0.15) is 0 Å². The number of carbonyl (C=O) groups excluding carboxylic acids is 2. The van der Waals surface area contributed by atoms with Gasteiger partial charge in [0.2, 0.25) is 11.8 Å². The lowest BCUT2D eigenvalue weighted by atomic mass is 10.1. The summed E-state index contributed by atoms with van der Waals surface area (Å²) in [6.45, 7) is 4.75. The molecule has 1 fully saturated rings. The first-order chi connectivity index (χ1) is 14.6. The molecule has 0 aromatic heterocycles. The lowest BCUT2D eigenvalue weighted by Crippen LogP contribution is -2.39. The fourth-order valence-electron chi connectivity index (χ4n) is 4.28. The molecule has 2 aromatic rings. The van der Waals surface area contributed by atoms with E-state index >= 15 is 0 Å². The molecule has 1 N–H and O–H groups in total. The second-order valence-electron chi connectivity index (χ2n) is 8.00. The molecule has 1 saturated heterocycles. The zero-order valence-electron chi connectivity index (χ0n) is 17.4. The number of anilines is 1. The molecule has 2 aliphatic rings. The van der Waals surface area contributed by atoms with Gasteiger partial charge >= 0.3 is 0 Å². The molecule has 0 aliphatic carbocycles. The predicted octanol–water partition coefficient (Wildman–Crippen LogP) is 3.86. The monoisotopic (exact) mass is 423 g/mol. The van der Waals surface area contributed by atoms with Crippen LogP contribution in [0.3, 0.4) is 0 Å². The zero-order chi connectivity index (χ0) is 20.9. The third kappa shape index (κ3) is 4.87. The topological polar surface area (TPSA) is 52.7 Å². The van der Waals surface area contributed by atoms with Gasteiger partial charge in [0, 0.05) is 55.2 Å². The van der Waals surface area contributed by atoms with E-state index < -0.39 is 0 Å². The van der Waals surface area contributed by atoms with Crippen molar-refractivity contribution in [3.63, 3.8) is 0 Å². The summed E-state index contributed by atoms with van der Waals surface area (Å²) in [5.74, 6) is 0.901. The third-order valence-electron chi connectivity index (χ3n) is 6.01. The summed E-state index contributed by atoms with van der Waals surface area (Å²) in [6, 6.07) is 19.0. The molecule has 0 radical (unpaired) electrons. The second-order valence-corrected chi connectivity index (χ2v) is 9.13. The molecule has 0 saturated carbocycles. The van der Waals surface area contributed by atoms with Crippen molar-refractivity contribution in [3.05, 3.63) is 60.2 Å². The maximum Gasteiger partial charge on any atom is 0.227 e. The van der Waals surface area contributed by atoms with Gasteiger partial charge in [-0.3, -0.25) is 14.5 Å². The predicted molar refractivity (Wildman–Crippen MR) is 122 cm³/mol. The Balaban J connectivity index is 1.24. The van der Waals surface area contributed by atoms with Gasteiger partial charge in [-0.2, -0.15) is 0 Å². The van der Waals surface area contributed by atoms with E-state index in [2.05, 4.69) is 47.5 Å². The van der Waals surface area contributed by atoms with Gasteiger partial charge in [0.05, 0.1) is 5.69 Å². The molecule has 0 spiro atoms. The van der Waals surface area contributed by atoms with Crippen molar-refractivity contribution >= 4 is 29.3 Å². The number of benzene rings is 2. The number of amides is 2. The van der Waals surface area contributed by atoms with Crippen LogP contribution >= 0.6 is 11.8 Å². The fraction of sp³-hybridized carbons (Fsp3) is 0.417. The van der Waals surface area contributed by atoms with E-state index in [4.69, 9.17) is 0 Å². The lowest BCUT2D eigenvalue weighted by molar-refractivity contribution is -0.125. The van der Waals surface area contributed by atoms with Crippen molar-refractivity contribution in [2.75, 3.05) is 30.3 Å². The Morgan fingerprint density at radius 2 is 1.83 bits per heavy atom. The van der Waals surface area contributed by atoms with Gasteiger partial charge < -0.3 is 10.2 Å². The minimum Gasteiger partial charge on any atom is -0.352 e. The Hall–Kier alpha value is -2.31. The van der Waals surface area contributed by atoms with Gasteiger partial charge in [0.25, 0.3) is 0 Å². The molecule has 2 atom stereocenters. The molecule has 2 amide bonds. The number of likely N-dealkylation sites (tertiary alicyclic amines) is 1. The van der Waals surface area contributed by atoms with Gasteiger partial charge in [-0.1, -0.05) is 42.5 Å². The number of fused-ring (bicyclic) bond motifs is 1. The SMILES string of the molecule is CC(c1ccccc1)N1CCC(NC(=O)CCC(=O)N2CCSc3ccccc32)C1. The maximum atomic E-state index is 12.7. The van der Waals surface area contributed by atoms with Gasteiger partial charge in [0.15, 0.2) is 0 Å². The van der Waals surface area contributed by atoms with Crippen LogP contribution in [0.15, 0.2) is 59.5 Å². The van der Waals surface area contributed by atoms with E-state index in [-0.39, 0.29) is 30.7 Å². The normalized spacial score (nSPS) is 19.9. The van der Waals surface area contributed by atoms with Crippen molar-refractivity contribution in [2.45, 2.75) is 43.2 Å². The summed E-state index contributed by atoms with van der Waals surface area (Å²) >= 11 is 1.78. The van der Waals surface area contributed by atoms with E-state index in [9.17, 15) is 9.59 Å². The van der Waals surface area contributed by atoms with E-state index in [1.807, 2.05) is 29.2 Å². The van der Waals surface area contributed by atoms with Crippen LogP contribution < -0.4 is 10.2 Å². The molecular formula is C24H29N3O2S. The number of rotatable bonds is 6. The van der Waals surface area contributed by atoms with Crippen LogP contribution in [0.4, 0.5) is 5.69 Å². The summed E-state index contributed by atoms with van der Waals surface area (Å²) < 4.78 is 0. The molecule has 5 nitrogen and oxygen atoms in total. The molecule has 158 valence electrons. The summed E-state index contributed by atoms with van der Waals surface area (Å²) in [5.41, 5.74) is 2.27. The van der Waals surface area contributed by atoms with Gasteiger partial charge in [-0.05, 0) is 31.0 Å². The summed E-state index contributed by atoms with van der Waals surface area (Å²) in [6.07, 6.45) is 1.45. The smallest absolute Gasteiger partial charge is 0.227 e. The Bertz CT molecular complexity index is 889. The molecule has 4 rings (SSSR count). The van der Waals surface area contributed by atoms with Gasteiger partial charge in [-0.25, -0.2) is 0 Å². The van der Waals surface area contributed by atoms with Crippen LogP contribution in [0, 0.1) is 0 Å². The van der Waals surface area contributed by atoms with Crippen LogP contribution in [0.2, 0.25) is 0 Å². The van der Waals surface area contributed by atoms with Crippen molar-refractivity contribution in [1.29, 1.82) is 0 Å².